The van der Waals surface area contributed by atoms with Crippen molar-refractivity contribution in [3.63, 3.8) is 0 Å². The van der Waals surface area contributed by atoms with Crippen LogP contribution in [0.2, 0.25) is 0 Å². The quantitative estimate of drug-likeness (QED) is 0.0637. The number of hydrogen-bond donors (Lipinski definition) is 1. The third-order valence-electron chi connectivity index (χ3n) is 9.61. The van der Waals surface area contributed by atoms with Crippen LogP contribution in [-0.2, 0) is 7.05 Å². The van der Waals surface area contributed by atoms with Crippen LogP contribution in [0, 0.1) is 0 Å². The molecule has 0 aliphatic carbocycles. The van der Waals surface area contributed by atoms with Gasteiger partial charge in [-0.3, -0.25) is 0 Å². The highest BCUT2D eigenvalue weighted by molar-refractivity contribution is 4.89. The second-order valence-corrected chi connectivity index (χ2v) is 13.6. The normalized spacial score (nSPS) is 11.7. The van der Waals surface area contributed by atoms with Crippen molar-refractivity contribution < 1.29 is 4.57 Å². The molecule has 0 saturated carbocycles. The van der Waals surface area contributed by atoms with Gasteiger partial charge in [-0.2, -0.15) is 0 Å². The smallest absolute Gasteiger partial charge is 0.247 e. The largest absolute Gasteiger partial charge is 0.257 e. The number of imidazole rings is 1. The minimum absolute atomic E-state index is 0.721. The number of nitrogens with zero attached hydrogens (tertiary/aromatic N) is 1. The zero-order valence-corrected chi connectivity index (χ0v) is 28.8. The SMILES string of the molecule is CCCCCCCCCCCCCCCCCC(CCCCCCCCCCCCCCCCC)c1[nH]cc[n+]1C. The zero-order chi connectivity index (χ0) is 29.5. The maximum absolute atomic E-state index is 3.57. The van der Waals surface area contributed by atoms with Gasteiger partial charge in [-0.15, -0.1) is 0 Å². The summed E-state index contributed by atoms with van der Waals surface area (Å²) in [4.78, 5) is 3.57. The predicted octanol–water partition coefficient (Wildman–Crippen LogP) is 13.4. The fourth-order valence-electron chi connectivity index (χ4n) is 6.76. The number of unbranched alkanes of at least 4 members (excludes halogenated alkanes) is 28. The molecular formula is C39H77N2+. The molecule has 0 fully saturated rings. The molecule has 0 bridgehead atoms. The fraction of sp³-hybridized carbons (Fsp3) is 0.923. The van der Waals surface area contributed by atoms with Gasteiger partial charge >= 0.3 is 0 Å². The molecule has 0 radical (unpaired) electrons. The molecule has 0 aliphatic heterocycles. The van der Waals surface area contributed by atoms with E-state index in [1.807, 2.05) is 0 Å². The van der Waals surface area contributed by atoms with Gasteiger partial charge < -0.3 is 0 Å². The lowest BCUT2D eigenvalue weighted by atomic mass is 9.93. The number of hydrogen-bond acceptors (Lipinski definition) is 0. The van der Waals surface area contributed by atoms with Crippen LogP contribution in [0.3, 0.4) is 0 Å². The van der Waals surface area contributed by atoms with Crippen LogP contribution in [0.1, 0.15) is 231 Å². The molecule has 1 N–H and O–H groups in total. The Balaban J connectivity index is 1.98. The van der Waals surface area contributed by atoms with E-state index in [0.29, 0.717) is 0 Å². The summed E-state index contributed by atoms with van der Waals surface area (Å²) in [6.07, 6.45) is 50.6. The van der Waals surface area contributed by atoms with E-state index in [9.17, 15) is 0 Å². The molecule has 0 aromatic carbocycles. The van der Waals surface area contributed by atoms with Crippen molar-refractivity contribution in [2.45, 2.75) is 225 Å². The summed E-state index contributed by atoms with van der Waals surface area (Å²) < 4.78 is 2.33. The van der Waals surface area contributed by atoms with Crippen molar-refractivity contribution in [3.8, 4) is 0 Å². The van der Waals surface area contributed by atoms with Crippen LogP contribution < -0.4 is 4.57 Å². The summed E-state index contributed by atoms with van der Waals surface area (Å²) >= 11 is 0. The highest BCUT2D eigenvalue weighted by Gasteiger charge is 2.20. The number of aryl methyl sites for hydroxylation is 1. The predicted molar refractivity (Wildman–Crippen MR) is 184 cm³/mol. The van der Waals surface area contributed by atoms with Crippen LogP contribution in [0.15, 0.2) is 12.4 Å². The van der Waals surface area contributed by atoms with E-state index in [-0.39, 0.29) is 0 Å². The van der Waals surface area contributed by atoms with Gasteiger partial charge in [0.05, 0.1) is 13.0 Å². The minimum Gasteiger partial charge on any atom is -0.247 e. The van der Waals surface area contributed by atoms with Gasteiger partial charge in [0.15, 0.2) is 0 Å². The average Bonchev–Trinajstić information content (AvgIpc) is 3.41. The molecule has 1 aromatic rings. The Morgan fingerprint density at radius 3 is 0.951 bits per heavy atom. The number of rotatable bonds is 33. The molecule has 0 aliphatic rings. The molecule has 1 aromatic heterocycles. The molecule has 0 unspecified atom stereocenters. The first-order chi connectivity index (χ1) is 20.3. The van der Waals surface area contributed by atoms with Gasteiger partial charge in [0.1, 0.15) is 12.4 Å². The maximum Gasteiger partial charge on any atom is 0.257 e. The topological polar surface area (TPSA) is 19.7 Å². The van der Waals surface area contributed by atoms with E-state index in [1.165, 1.54) is 211 Å². The third kappa shape index (κ3) is 24.4. The summed E-state index contributed by atoms with van der Waals surface area (Å²) in [5, 5.41) is 0. The van der Waals surface area contributed by atoms with E-state index in [4.69, 9.17) is 0 Å². The standard InChI is InChI=1S/C39H76N2/c1-4-6-8-10-12-14-16-18-20-22-24-26-28-30-32-34-38(39-40-36-37-41(39)3)35-33-31-29-27-25-23-21-19-17-15-13-11-9-7-5-2/h36-38H,4-35H2,1-3H3/p+1. The highest BCUT2D eigenvalue weighted by Crippen LogP contribution is 2.26. The fourth-order valence-corrected chi connectivity index (χ4v) is 6.76. The second-order valence-electron chi connectivity index (χ2n) is 13.6. The summed E-state index contributed by atoms with van der Waals surface area (Å²) in [7, 11) is 2.22. The first-order valence-corrected chi connectivity index (χ1v) is 19.3. The van der Waals surface area contributed by atoms with Crippen LogP contribution in [0.4, 0.5) is 0 Å². The molecule has 1 heterocycles. The van der Waals surface area contributed by atoms with Gasteiger partial charge in [0, 0.05) is 0 Å². The molecule has 0 saturated heterocycles. The van der Waals surface area contributed by atoms with Crippen molar-refractivity contribution >= 4 is 0 Å². The summed E-state index contributed by atoms with van der Waals surface area (Å²) in [6, 6.07) is 0. The Hall–Kier alpha value is -0.790. The van der Waals surface area contributed by atoms with Gasteiger partial charge in [-0.1, -0.05) is 206 Å². The molecule has 2 heteroatoms. The van der Waals surface area contributed by atoms with E-state index >= 15 is 0 Å². The van der Waals surface area contributed by atoms with Gasteiger partial charge in [0.2, 0.25) is 0 Å². The van der Waals surface area contributed by atoms with Crippen LogP contribution in [0.5, 0.6) is 0 Å². The monoisotopic (exact) mass is 574 g/mol. The third-order valence-corrected chi connectivity index (χ3v) is 9.61. The Kier molecular flexibility index (Phi) is 28.6. The van der Waals surface area contributed by atoms with E-state index < -0.39 is 0 Å². The molecule has 0 amide bonds. The highest BCUT2D eigenvalue weighted by atomic mass is 15.0. The summed E-state index contributed by atoms with van der Waals surface area (Å²) in [6.45, 7) is 4.62. The number of aromatic nitrogens is 2. The summed E-state index contributed by atoms with van der Waals surface area (Å²) in [5.74, 6) is 2.18. The van der Waals surface area contributed by atoms with Crippen LogP contribution in [-0.4, -0.2) is 4.98 Å². The van der Waals surface area contributed by atoms with Gasteiger partial charge in [-0.05, 0) is 12.8 Å². The zero-order valence-electron chi connectivity index (χ0n) is 28.8. The van der Waals surface area contributed by atoms with Crippen molar-refractivity contribution in [3.05, 3.63) is 18.2 Å². The van der Waals surface area contributed by atoms with Gasteiger partial charge in [-0.25, -0.2) is 9.55 Å². The second kappa shape index (κ2) is 30.7. The lowest BCUT2D eigenvalue weighted by molar-refractivity contribution is -0.679. The Bertz CT molecular complexity index is 587. The van der Waals surface area contributed by atoms with Gasteiger partial charge in [0.25, 0.3) is 5.82 Å². The Labute approximate surface area is 259 Å². The number of H-pyrrole nitrogens is 1. The van der Waals surface area contributed by atoms with Crippen molar-refractivity contribution in [2.24, 2.45) is 7.05 Å². The molecular weight excluding hydrogens is 496 g/mol. The van der Waals surface area contributed by atoms with Crippen molar-refractivity contribution in [2.75, 3.05) is 0 Å². The van der Waals surface area contributed by atoms with E-state index in [2.05, 4.69) is 42.8 Å². The minimum atomic E-state index is 0.721. The summed E-state index contributed by atoms with van der Waals surface area (Å²) in [5.41, 5.74) is 0. The van der Waals surface area contributed by atoms with Crippen molar-refractivity contribution in [1.82, 2.24) is 4.98 Å². The molecule has 1 rings (SSSR count). The Morgan fingerprint density at radius 2 is 0.707 bits per heavy atom. The lowest BCUT2D eigenvalue weighted by Crippen LogP contribution is -2.32. The lowest BCUT2D eigenvalue weighted by Gasteiger charge is -2.13. The first kappa shape index (κ1) is 38.2. The van der Waals surface area contributed by atoms with E-state index in [0.717, 1.165) is 5.92 Å². The van der Waals surface area contributed by atoms with Crippen LogP contribution in [0.25, 0.3) is 0 Å². The average molecular weight is 574 g/mol. The number of aromatic amines is 1. The maximum atomic E-state index is 3.57. The molecule has 2 nitrogen and oxygen atoms in total. The number of nitrogens with one attached hydrogen (secondary N) is 1. The van der Waals surface area contributed by atoms with Crippen LogP contribution >= 0.6 is 0 Å². The molecule has 0 spiro atoms. The van der Waals surface area contributed by atoms with Crippen molar-refractivity contribution in [1.29, 1.82) is 0 Å². The molecule has 0 atom stereocenters. The first-order valence-electron chi connectivity index (χ1n) is 19.3. The molecule has 41 heavy (non-hydrogen) atoms. The molecule has 242 valence electrons. The Morgan fingerprint density at radius 1 is 0.439 bits per heavy atom. The van der Waals surface area contributed by atoms with E-state index in [1.54, 1.807) is 0 Å².